The molecule has 9 aromatic rings. The zero-order chi connectivity index (χ0) is 35.1. The summed E-state index contributed by atoms with van der Waals surface area (Å²) in [5, 5.41) is 2.60. The van der Waals surface area contributed by atoms with Crippen LogP contribution in [0.15, 0.2) is 194 Å². The van der Waals surface area contributed by atoms with Crippen molar-refractivity contribution >= 4 is 59.9 Å². The van der Waals surface area contributed by atoms with Crippen molar-refractivity contribution in [2.24, 2.45) is 0 Å². The number of hydrogen-bond donors (Lipinski definition) is 0. The maximum absolute atomic E-state index is 2.51. The number of hydrogen-bond acceptors (Lipinski definition) is 3. The zero-order valence-electron chi connectivity index (χ0n) is 29.2. The largest absolute Gasteiger partial charge is 0.340 e. The number of para-hydroxylation sites is 2. The highest BCUT2D eigenvalue weighted by atomic mass is 32.1. The molecular formula is C50H36N2S. The third-order valence-corrected chi connectivity index (χ3v) is 11.7. The van der Waals surface area contributed by atoms with Gasteiger partial charge in [0.15, 0.2) is 0 Å². The second kappa shape index (κ2) is 13.3. The first-order valence-corrected chi connectivity index (χ1v) is 19.1. The normalized spacial score (nSPS) is 12.3. The van der Waals surface area contributed by atoms with E-state index < -0.39 is 0 Å². The van der Waals surface area contributed by atoms with Crippen molar-refractivity contribution < 1.29 is 0 Å². The lowest BCUT2D eigenvalue weighted by atomic mass is 9.95. The van der Waals surface area contributed by atoms with Gasteiger partial charge < -0.3 is 9.80 Å². The molecule has 3 heteroatoms. The molecule has 2 nitrogen and oxygen atoms in total. The number of anilines is 5. The first kappa shape index (κ1) is 31.3. The standard InChI is InChI=1S/C50H36N2S/c1-4-13-35(14-5-1)37-23-27-41(28-24-37)52(42-29-25-38(26-30-42)36-15-6-2-7-16-36)47-34-49-46(43-20-10-11-22-48(43)53-49)33-45(47)44-21-12-17-39-31-32-51(50(39)44)40-18-8-3-9-19-40/h1-30,33-34H,31-32H2. The van der Waals surface area contributed by atoms with Crippen LogP contribution in [0.5, 0.6) is 0 Å². The van der Waals surface area contributed by atoms with E-state index in [1.165, 1.54) is 70.5 Å². The van der Waals surface area contributed by atoms with Crippen LogP contribution in [0.4, 0.5) is 28.4 Å². The Labute approximate surface area is 314 Å². The summed E-state index contributed by atoms with van der Waals surface area (Å²) < 4.78 is 2.59. The summed E-state index contributed by atoms with van der Waals surface area (Å²) in [5.41, 5.74) is 14.6. The van der Waals surface area contributed by atoms with Gasteiger partial charge in [0.05, 0.1) is 11.4 Å². The lowest BCUT2D eigenvalue weighted by Gasteiger charge is -2.30. The summed E-state index contributed by atoms with van der Waals surface area (Å²) in [5.74, 6) is 0. The Bertz CT molecular complexity index is 2620. The van der Waals surface area contributed by atoms with Crippen LogP contribution in [-0.4, -0.2) is 6.54 Å². The highest BCUT2D eigenvalue weighted by Gasteiger charge is 2.28. The molecule has 1 aliphatic heterocycles. The molecule has 2 heterocycles. The first-order valence-electron chi connectivity index (χ1n) is 18.3. The fourth-order valence-corrected chi connectivity index (χ4v) is 9.12. The van der Waals surface area contributed by atoms with Crippen molar-refractivity contribution in [2.45, 2.75) is 6.42 Å². The van der Waals surface area contributed by atoms with E-state index in [-0.39, 0.29) is 0 Å². The van der Waals surface area contributed by atoms with Crippen molar-refractivity contribution in [1.29, 1.82) is 0 Å². The number of thiophene rings is 1. The summed E-state index contributed by atoms with van der Waals surface area (Å²) in [7, 11) is 0. The molecule has 0 fully saturated rings. The minimum absolute atomic E-state index is 0.959. The Morgan fingerprint density at radius 1 is 0.434 bits per heavy atom. The zero-order valence-corrected chi connectivity index (χ0v) is 30.0. The minimum Gasteiger partial charge on any atom is -0.340 e. The smallest absolute Gasteiger partial charge is 0.0555 e. The number of fused-ring (bicyclic) bond motifs is 4. The molecule has 0 unspecified atom stereocenters. The van der Waals surface area contributed by atoms with Gasteiger partial charge in [-0.2, -0.15) is 0 Å². The fourth-order valence-electron chi connectivity index (χ4n) is 8.00. The lowest BCUT2D eigenvalue weighted by molar-refractivity contribution is 0.999. The summed E-state index contributed by atoms with van der Waals surface area (Å²) in [6.45, 7) is 0.959. The molecule has 0 atom stereocenters. The lowest BCUT2D eigenvalue weighted by Crippen LogP contribution is -2.15. The molecular weight excluding hydrogens is 661 g/mol. The number of rotatable bonds is 7. The van der Waals surface area contributed by atoms with E-state index >= 15 is 0 Å². The van der Waals surface area contributed by atoms with E-state index in [1.807, 2.05) is 11.3 Å². The van der Waals surface area contributed by atoms with Gasteiger partial charge in [0.25, 0.3) is 0 Å². The van der Waals surface area contributed by atoms with Crippen LogP contribution in [0, 0.1) is 0 Å². The quantitative estimate of drug-likeness (QED) is 0.164. The molecule has 252 valence electrons. The van der Waals surface area contributed by atoms with Gasteiger partial charge in [-0.1, -0.05) is 140 Å². The van der Waals surface area contributed by atoms with Crippen molar-refractivity contribution in [3.8, 4) is 33.4 Å². The van der Waals surface area contributed by atoms with Gasteiger partial charge in [-0.15, -0.1) is 11.3 Å². The van der Waals surface area contributed by atoms with Crippen LogP contribution in [0.1, 0.15) is 5.56 Å². The van der Waals surface area contributed by atoms with E-state index in [1.54, 1.807) is 0 Å². The van der Waals surface area contributed by atoms with Gasteiger partial charge in [-0.05, 0) is 88.8 Å². The molecule has 0 saturated heterocycles. The van der Waals surface area contributed by atoms with E-state index in [4.69, 9.17) is 0 Å². The third kappa shape index (κ3) is 5.67. The summed E-state index contributed by atoms with van der Waals surface area (Å²) >= 11 is 1.87. The monoisotopic (exact) mass is 696 g/mol. The molecule has 0 bridgehead atoms. The van der Waals surface area contributed by atoms with Crippen LogP contribution in [-0.2, 0) is 6.42 Å². The average molecular weight is 697 g/mol. The highest BCUT2D eigenvalue weighted by Crippen LogP contribution is 2.50. The van der Waals surface area contributed by atoms with Gasteiger partial charge in [0.2, 0.25) is 0 Å². The van der Waals surface area contributed by atoms with Crippen LogP contribution >= 0.6 is 11.3 Å². The van der Waals surface area contributed by atoms with E-state index in [0.717, 1.165) is 30.0 Å². The third-order valence-electron chi connectivity index (χ3n) is 10.6. The maximum atomic E-state index is 2.51. The molecule has 0 amide bonds. The Morgan fingerprint density at radius 3 is 1.64 bits per heavy atom. The summed E-state index contributed by atoms with van der Waals surface area (Å²) in [6.07, 6.45) is 1.02. The van der Waals surface area contributed by atoms with Gasteiger partial charge >= 0.3 is 0 Å². The molecule has 0 N–H and O–H groups in total. The molecule has 0 aliphatic carbocycles. The van der Waals surface area contributed by atoms with Gasteiger partial charge in [-0.3, -0.25) is 0 Å². The van der Waals surface area contributed by atoms with Crippen LogP contribution in [0.3, 0.4) is 0 Å². The second-order valence-corrected chi connectivity index (χ2v) is 14.8. The molecule has 0 spiro atoms. The van der Waals surface area contributed by atoms with Crippen molar-refractivity contribution in [3.05, 3.63) is 200 Å². The Balaban J connectivity index is 1.22. The summed E-state index contributed by atoms with van der Waals surface area (Å²) in [4.78, 5) is 4.97. The van der Waals surface area contributed by atoms with Crippen LogP contribution < -0.4 is 9.80 Å². The van der Waals surface area contributed by atoms with Crippen molar-refractivity contribution in [2.75, 3.05) is 16.3 Å². The van der Waals surface area contributed by atoms with Crippen LogP contribution in [0.2, 0.25) is 0 Å². The predicted molar refractivity (Wildman–Crippen MR) is 227 cm³/mol. The molecule has 0 saturated carbocycles. The molecule has 8 aromatic carbocycles. The van der Waals surface area contributed by atoms with E-state index in [2.05, 4.69) is 204 Å². The van der Waals surface area contributed by atoms with Crippen molar-refractivity contribution in [1.82, 2.24) is 0 Å². The molecule has 1 aromatic heterocycles. The fraction of sp³-hybridized carbons (Fsp3) is 0.0400. The van der Waals surface area contributed by atoms with Gasteiger partial charge in [0.1, 0.15) is 0 Å². The molecule has 53 heavy (non-hydrogen) atoms. The Kier molecular flexibility index (Phi) is 7.85. The SMILES string of the molecule is c1ccc(-c2ccc(N(c3ccc(-c4ccccc4)cc3)c3cc4sc5ccccc5c4cc3-c3cccc4c3N(c3ccccc3)CC4)cc2)cc1. The molecule has 10 rings (SSSR count). The first-order chi connectivity index (χ1) is 26.3. The average Bonchev–Trinajstić information content (AvgIpc) is 3.84. The Hall–Kier alpha value is -6.42. The molecule has 0 radical (unpaired) electrons. The number of benzene rings is 8. The maximum Gasteiger partial charge on any atom is 0.0555 e. The second-order valence-electron chi connectivity index (χ2n) is 13.7. The van der Waals surface area contributed by atoms with E-state index in [9.17, 15) is 0 Å². The van der Waals surface area contributed by atoms with E-state index in [0.29, 0.717) is 0 Å². The van der Waals surface area contributed by atoms with Gasteiger partial charge in [0, 0.05) is 54.9 Å². The topological polar surface area (TPSA) is 6.48 Å². The highest BCUT2D eigenvalue weighted by molar-refractivity contribution is 7.25. The molecule has 1 aliphatic rings. The number of nitrogens with zero attached hydrogens (tertiary/aromatic N) is 2. The van der Waals surface area contributed by atoms with Crippen molar-refractivity contribution in [3.63, 3.8) is 0 Å². The minimum atomic E-state index is 0.959. The summed E-state index contributed by atoms with van der Waals surface area (Å²) in [6, 6.07) is 70.9. The van der Waals surface area contributed by atoms with Crippen LogP contribution in [0.25, 0.3) is 53.6 Å². The Morgan fingerprint density at radius 2 is 1.00 bits per heavy atom. The predicted octanol–water partition coefficient (Wildman–Crippen LogP) is 14.2. The van der Waals surface area contributed by atoms with Gasteiger partial charge in [-0.25, -0.2) is 0 Å².